The van der Waals surface area contributed by atoms with Crippen LogP contribution in [0.15, 0.2) is 60.7 Å². The van der Waals surface area contributed by atoms with E-state index >= 15 is 0 Å². The van der Waals surface area contributed by atoms with Gasteiger partial charge in [-0.15, -0.1) is 0 Å². The molecule has 0 radical (unpaired) electrons. The molecule has 5 nitrogen and oxygen atoms in total. The maximum absolute atomic E-state index is 11.7. The van der Waals surface area contributed by atoms with E-state index in [1.165, 1.54) is 7.11 Å². The standard InChI is InChI=1S/C15H14O3.C6H15NO/c1-18-15(14(16)17,12-8-4-2-5-9-12)13-10-6-3-7-11-13;1-3-5(2)6(7)4-8/h2-11H,1H3,(H,16,17);5-6,8H,3-4,7H2,1-2H3. The van der Waals surface area contributed by atoms with Gasteiger partial charge in [-0.3, -0.25) is 0 Å². The minimum Gasteiger partial charge on any atom is -0.479 e. The fraction of sp³-hybridized carbons (Fsp3) is 0.381. The van der Waals surface area contributed by atoms with Gasteiger partial charge in [0.05, 0.1) is 6.61 Å². The van der Waals surface area contributed by atoms with E-state index in [4.69, 9.17) is 15.6 Å². The van der Waals surface area contributed by atoms with Crippen LogP contribution < -0.4 is 5.73 Å². The molecule has 0 heterocycles. The molecule has 0 saturated heterocycles. The molecule has 2 unspecified atom stereocenters. The minimum absolute atomic E-state index is 0.0278. The molecule has 0 aromatic heterocycles. The molecule has 0 amide bonds. The van der Waals surface area contributed by atoms with E-state index in [1.807, 2.05) is 19.1 Å². The number of hydrogen-bond donors (Lipinski definition) is 3. The average Bonchev–Trinajstić information content (AvgIpc) is 2.69. The summed E-state index contributed by atoms with van der Waals surface area (Å²) in [5.41, 5.74) is 5.23. The van der Waals surface area contributed by atoms with E-state index in [1.54, 1.807) is 48.5 Å². The number of hydrogen-bond acceptors (Lipinski definition) is 4. The number of rotatable bonds is 7. The van der Waals surface area contributed by atoms with E-state index in [2.05, 4.69) is 6.92 Å². The number of aliphatic carboxylic acids is 1. The zero-order chi connectivity index (χ0) is 19.6. The zero-order valence-corrected chi connectivity index (χ0v) is 15.6. The number of carboxylic acid groups (broad SMARTS) is 1. The first-order chi connectivity index (χ1) is 12.4. The number of benzene rings is 2. The summed E-state index contributed by atoms with van der Waals surface area (Å²) in [4.78, 5) is 11.7. The van der Waals surface area contributed by atoms with Crippen molar-refractivity contribution < 1.29 is 19.7 Å². The molecule has 2 aromatic rings. The van der Waals surface area contributed by atoms with E-state index in [-0.39, 0.29) is 12.6 Å². The van der Waals surface area contributed by atoms with Crippen LogP contribution in [0.3, 0.4) is 0 Å². The summed E-state index contributed by atoms with van der Waals surface area (Å²) in [5, 5.41) is 18.1. The molecule has 2 rings (SSSR count). The van der Waals surface area contributed by atoms with Crippen molar-refractivity contribution in [2.24, 2.45) is 11.7 Å². The molecule has 0 bridgehead atoms. The van der Waals surface area contributed by atoms with Crippen LogP contribution >= 0.6 is 0 Å². The van der Waals surface area contributed by atoms with Gasteiger partial charge in [0.1, 0.15) is 0 Å². The Balaban J connectivity index is 0.000000359. The van der Waals surface area contributed by atoms with Gasteiger partial charge in [-0.1, -0.05) is 80.9 Å². The Bertz CT molecular complexity index is 598. The van der Waals surface area contributed by atoms with Gasteiger partial charge in [0, 0.05) is 13.2 Å². The molecule has 0 aliphatic carbocycles. The molecule has 0 fully saturated rings. The van der Waals surface area contributed by atoms with Crippen molar-refractivity contribution in [1.82, 2.24) is 0 Å². The number of aliphatic hydroxyl groups is 1. The quantitative estimate of drug-likeness (QED) is 0.707. The Hall–Kier alpha value is -2.21. The molecule has 4 N–H and O–H groups in total. The first kappa shape index (κ1) is 21.8. The number of ether oxygens (including phenoxy) is 1. The van der Waals surface area contributed by atoms with E-state index in [0.29, 0.717) is 17.0 Å². The van der Waals surface area contributed by atoms with Crippen LogP contribution in [0.4, 0.5) is 0 Å². The third-order valence-corrected chi connectivity index (χ3v) is 4.55. The largest absolute Gasteiger partial charge is 0.479 e. The number of carboxylic acids is 1. The molecular weight excluding hydrogens is 330 g/mol. The van der Waals surface area contributed by atoms with Crippen LogP contribution in [0.25, 0.3) is 0 Å². The molecule has 142 valence electrons. The number of carbonyl (C=O) groups is 1. The van der Waals surface area contributed by atoms with Crippen molar-refractivity contribution in [2.45, 2.75) is 31.9 Å². The highest BCUT2D eigenvalue weighted by atomic mass is 16.5. The maximum Gasteiger partial charge on any atom is 0.345 e. The summed E-state index contributed by atoms with van der Waals surface area (Å²) in [6, 6.07) is 17.9. The predicted molar refractivity (Wildman–Crippen MR) is 103 cm³/mol. The van der Waals surface area contributed by atoms with Crippen LogP contribution in [0, 0.1) is 5.92 Å². The number of nitrogens with two attached hydrogens (primary N) is 1. The second-order valence-electron chi connectivity index (χ2n) is 6.15. The lowest BCUT2D eigenvalue weighted by Crippen LogP contribution is -2.38. The van der Waals surface area contributed by atoms with Crippen LogP contribution in [0.2, 0.25) is 0 Å². The normalized spacial score (nSPS) is 13.3. The average molecular weight is 359 g/mol. The van der Waals surface area contributed by atoms with Crippen LogP contribution in [-0.4, -0.2) is 35.9 Å². The number of aliphatic hydroxyl groups excluding tert-OH is 1. The summed E-state index contributed by atoms with van der Waals surface area (Å²) < 4.78 is 5.37. The molecule has 2 aromatic carbocycles. The Morgan fingerprint density at radius 2 is 1.50 bits per heavy atom. The summed E-state index contributed by atoms with van der Waals surface area (Å²) in [6.45, 7) is 4.22. The second-order valence-corrected chi connectivity index (χ2v) is 6.15. The molecule has 0 aliphatic rings. The van der Waals surface area contributed by atoms with E-state index < -0.39 is 11.6 Å². The lowest BCUT2D eigenvalue weighted by Gasteiger charge is -2.28. The zero-order valence-electron chi connectivity index (χ0n) is 15.6. The van der Waals surface area contributed by atoms with Crippen LogP contribution in [-0.2, 0) is 15.1 Å². The van der Waals surface area contributed by atoms with Crippen molar-refractivity contribution in [3.63, 3.8) is 0 Å². The molecule has 2 atom stereocenters. The highest BCUT2D eigenvalue weighted by Gasteiger charge is 2.42. The van der Waals surface area contributed by atoms with Crippen molar-refractivity contribution in [3.05, 3.63) is 71.8 Å². The maximum atomic E-state index is 11.7. The van der Waals surface area contributed by atoms with Gasteiger partial charge in [-0.2, -0.15) is 0 Å². The molecule has 26 heavy (non-hydrogen) atoms. The Morgan fingerprint density at radius 1 is 1.08 bits per heavy atom. The van der Waals surface area contributed by atoms with Crippen molar-refractivity contribution in [1.29, 1.82) is 0 Å². The van der Waals surface area contributed by atoms with Crippen molar-refractivity contribution >= 4 is 5.97 Å². The van der Waals surface area contributed by atoms with E-state index in [9.17, 15) is 9.90 Å². The minimum atomic E-state index is -1.46. The van der Waals surface area contributed by atoms with Gasteiger partial charge < -0.3 is 20.7 Å². The summed E-state index contributed by atoms with van der Waals surface area (Å²) >= 11 is 0. The topological polar surface area (TPSA) is 92.8 Å². The smallest absolute Gasteiger partial charge is 0.345 e. The van der Waals surface area contributed by atoms with Gasteiger partial charge in [-0.25, -0.2) is 4.79 Å². The SMILES string of the molecule is CCC(C)C(N)CO.COC(C(=O)O)(c1ccccc1)c1ccccc1. The van der Waals surface area contributed by atoms with Gasteiger partial charge in [0.15, 0.2) is 0 Å². The molecule has 0 spiro atoms. The summed E-state index contributed by atoms with van der Waals surface area (Å²) in [5.74, 6) is -0.581. The fourth-order valence-corrected chi connectivity index (χ4v) is 2.57. The fourth-order valence-electron chi connectivity index (χ4n) is 2.57. The molecular formula is C21H29NO4. The third-order valence-electron chi connectivity index (χ3n) is 4.55. The molecule has 0 saturated carbocycles. The summed E-state index contributed by atoms with van der Waals surface area (Å²) in [7, 11) is 1.41. The Labute approximate surface area is 155 Å². The van der Waals surface area contributed by atoms with Gasteiger partial charge in [-0.05, 0) is 17.0 Å². The highest BCUT2D eigenvalue weighted by Crippen LogP contribution is 2.33. The Morgan fingerprint density at radius 3 is 1.73 bits per heavy atom. The lowest BCUT2D eigenvalue weighted by molar-refractivity contribution is -0.158. The Kier molecular flexibility index (Phi) is 8.99. The van der Waals surface area contributed by atoms with Crippen molar-refractivity contribution in [2.75, 3.05) is 13.7 Å². The highest BCUT2D eigenvalue weighted by molar-refractivity contribution is 5.84. The van der Waals surface area contributed by atoms with Gasteiger partial charge in [0.2, 0.25) is 5.60 Å². The number of methoxy groups -OCH3 is 1. The van der Waals surface area contributed by atoms with Crippen LogP contribution in [0.5, 0.6) is 0 Å². The van der Waals surface area contributed by atoms with Crippen LogP contribution in [0.1, 0.15) is 31.4 Å². The van der Waals surface area contributed by atoms with Gasteiger partial charge >= 0.3 is 5.97 Å². The summed E-state index contributed by atoms with van der Waals surface area (Å²) in [6.07, 6.45) is 1.04. The second kappa shape index (κ2) is 10.7. The predicted octanol–water partition coefficient (Wildman–Crippen LogP) is 3.01. The van der Waals surface area contributed by atoms with E-state index in [0.717, 1.165) is 6.42 Å². The lowest BCUT2D eigenvalue weighted by atomic mass is 9.86. The molecule has 5 heteroatoms. The monoisotopic (exact) mass is 359 g/mol. The first-order valence-corrected chi connectivity index (χ1v) is 8.70. The first-order valence-electron chi connectivity index (χ1n) is 8.70. The molecule has 0 aliphatic heterocycles. The van der Waals surface area contributed by atoms with Gasteiger partial charge in [0.25, 0.3) is 0 Å². The third kappa shape index (κ3) is 5.14. The van der Waals surface area contributed by atoms with Crippen molar-refractivity contribution in [3.8, 4) is 0 Å².